The van der Waals surface area contributed by atoms with Gasteiger partial charge in [-0.25, -0.2) is 4.98 Å². The van der Waals surface area contributed by atoms with E-state index in [2.05, 4.69) is 10.3 Å². The molecule has 3 rings (SSSR count). The summed E-state index contributed by atoms with van der Waals surface area (Å²) in [5.74, 6) is 0.527. The van der Waals surface area contributed by atoms with Gasteiger partial charge in [0.1, 0.15) is 5.75 Å². The number of hydrogen-bond donors (Lipinski definition) is 2. The minimum Gasteiger partial charge on any atom is -0.483 e. The van der Waals surface area contributed by atoms with Crippen LogP contribution < -0.4 is 15.8 Å². The molecule has 124 valence electrons. The van der Waals surface area contributed by atoms with Gasteiger partial charge < -0.3 is 15.8 Å². The number of rotatable bonds is 4. The van der Waals surface area contributed by atoms with Gasteiger partial charge in [0.05, 0.1) is 10.2 Å². The van der Waals surface area contributed by atoms with Crippen LogP contribution in [-0.2, 0) is 4.79 Å². The third kappa shape index (κ3) is 3.33. The molecule has 0 aliphatic rings. The lowest BCUT2D eigenvalue weighted by Crippen LogP contribution is -2.20. The van der Waals surface area contributed by atoms with Gasteiger partial charge in [-0.2, -0.15) is 0 Å². The van der Waals surface area contributed by atoms with E-state index >= 15 is 0 Å². The molecule has 24 heavy (non-hydrogen) atoms. The number of anilines is 2. The number of nitrogens with zero attached hydrogens (tertiary/aromatic N) is 1. The number of carbonyl (C=O) groups is 1. The van der Waals surface area contributed by atoms with Gasteiger partial charge in [0, 0.05) is 5.69 Å². The van der Waals surface area contributed by atoms with Crippen molar-refractivity contribution in [3.8, 4) is 5.75 Å². The number of fused-ring (bicyclic) bond motifs is 1. The Kier molecular flexibility index (Phi) is 4.40. The van der Waals surface area contributed by atoms with Crippen LogP contribution >= 0.6 is 11.3 Å². The van der Waals surface area contributed by atoms with Crippen LogP contribution in [0.5, 0.6) is 5.75 Å². The number of nitrogens with two attached hydrogens (primary N) is 1. The standard InChI is InChI=1S/C18H19N3O2S/c1-10-5-4-6-14(12(10)3)23-9-16(22)20-13-7-11(2)17-15(8-13)24-18(19)21-17/h4-8H,9H2,1-3H3,(H2,19,21)(H,20,22). The molecule has 1 aromatic heterocycles. The van der Waals surface area contributed by atoms with Crippen molar-refractivity contribution in [2.45, 2.75) is 20.8 Å². The van der Waals surface area contributed by atoms with E-state index in [-0.39, 0.29) is 12.5 Å². The van der Waals surface area contributed by atoms with Crippen molar-refractivity contribution in [2.75, 3.05) is 17.7 Å². The molecule has 0 spiro atoms. The number of nitrogens with one attached hydrogen (secondary N) is 1. The van der Waals surface area contributed by atoms with E-state index in [1.54, 1.807) is 0 Å². The molecule has 0 bridgehead atoms. The van der Waals surface area contributed by atoms with E-state index in [1.807, 2.05) is 51.1 Å². The molecule has 3 N–H and O–H groups in total. The normalized spacial score (nSPS) is 10.8. The number of hydrogen-bond acceptors (Lipinski definition) is 5. The molecule has 0 radical (unpaired) electrons. The number of carbonyl (C=O) groups excluding carboxylic acids is 1. The maximum absolute atomic E-state index is 12.2. The van der Waals surface area contributed by atoms with Crippen LogP contribution in [0, 0.1) is 20.8 Å². The van der Waals surface area contributed by atoms with E-state index in [0.29, 0.717) is 5.13 Å². The van der Waals surface area contributed by atoms with Crippen LogP contribution in [0.2, 0.25) is 0 Å². The molecule has 2 aromatic carbocycles. The largest absolute Gasteiger partial charge is 0.483 e. The van der Waals surface area contributed by atoms with Crippen molar-refractivity contribution in [1.29, 1.82) is 0 Å². The van der Waals surface area contributed by atoms with Crippen LogP contribution in [0.25, 0.3) is 10.2 Å². The van der Waals surface area contributed by atoms with Crippen LogP contribution in [0.15, 0.2) is 30.3 Å². The average molecular weight is 341 g/mol. The molecule has 6 heteroatoms. The maximum atomic E-state index is 12.2. The first-order valence-electron chi connectivity index (χ1n) is 7.59. The summed E-state index contributed by atoms with van der Waals surface area (Å²) >= 11 is 1.41. The van der Waals surface area contributed by atoms with E-state index in [4.69, 9.17) is 10.5 Å². The second kappa shape index (κ2) is 6.49. The van der Waals surface area contributed by atoms with Crippen molar-refractivity contribution in [1.82, 2.24) is 4.98 Å². The van der Waals surface area contributed by atoms with Crippen molar-refractivity contribution in [2.24, 2.45) is 0 Å². The fraction of sp³-hybridized carbons (Fsp3) is 0.222. The quantitative estimate of drug-likeness (QED) is 0.756. The molecule has 0 unspecified atom stereocenters. The van der Waals surface area contributed by atoms with E-state index < -0.39 is 0 Å². The zero-order valence-electron chi connectivity index (χ0n) is 13.8. The summed E-state index contributed by atoms with van der Waals surface area (Å²) in [5, 5.41) is 3.39. The van der Waals surface area contributed by atoms with Gasteiger partial charge in [-0.15, -0.1) is 0 Å². The summed E-state index contributed by atoms with van der Waals surface area (Å²) in [4.78, 5) is 16.4. The van der Waals surface area contributed by atoms with E-state index in [9.17, 15) is 4.79 Å². The predicted molar refractivity (Wildman–Crippen MR) is 98.8 cm³/mol. The Hall–Kier alpha value is -2.60. The highest BCUT2D eigenvalue weighted by atomic mass is 32.1. The van der Waals surface area contributed by atoms with Crippen molar-refractivity contribution < 1.29 is 9.53 Å². The van der Waals surface area contributed by atoms with Crippen molar-refractivity contribution >= 4 is 38.3 Å². The summed E-state index contributed by atoms with van der Waals surface area (Å²) in [6.45, 7) is 5.91. The topological polar surface area (TPSA) is 77.2 Å². The molecule has 5 nitrogen and oxygen atoms in total. The van der Waals surface area contributed by atoms with Gasteiger partial charge in [0.25, 0.3) is 5.91 Å². The number of benzene rings is 2. The molecule has 0 fully saturated rings. The van der Waals surface area contributed by atoms with Gasteiger partial charge in [-0.3, -0.25) is 4.79 Å². The highest BCUT2D eigenvalue weighted by molar-refractivity contribution is 7.22. The number of nitrogen functional groups attached to an aromatic ring is 1. The number of thiazole rings is 1. The third-order valence-corrected chi connectivity index (χ3v) is 4.73. The second-order valence-electron chi connectivity index (χ2n) is 5.73. The lowest BCUT2D eigenvalue weighted by atomic mass is 10.1. The molecule has 0 atom stereocenters. The van der Waals surface area contributed by atoms with Gasteiger partial charge in [0.2, 0.25) is 0 Å². The van der Waals surface area contributed by atoms with Crippen LogP contribution in [-0.4, -0.2) is 17.5 Å². The SMILES string of the molecule is Cc1cccc(OCC(=O)Nc2cc(C)c3nc(N)sc3c2)c1C. The van der Waals surface area contributed by atoms with Gasteiger partial charge >= 0.3 is 0 Å². The molecule has 3 aromatic rings. The third-order valence-electron chi connectivity index (χ3n) is 3.90. The van der Waals surface area contributed by atoms with E-state index in [0.717, 1.165) is 38.3 Å². The first kappa shape index (κ1) is 16.3. The van der Waals surface area contributed by atoms with Crippen LogP contribution in [0.1, 0.15) is 16.7 Å². The average Bonchev–Trinajstić information content (AvgIpc) is 2.90. The first-order chi connectivity index (χ1) is 11.4. The monoisotopic (exact) mass is 341 g/mol. The van der Waals surface area contributed by atoms with Crippen molar-refractivity contribution in [3.63, 3.8) is 0 Å². The lowest BCUT2D eigenvalue weighted by Gasteiger charge is -2.11. The summed E-state index contributed by atoms with van der Waals surface area (Å²) in [6.07, 6.45) is 0. The molecular weight excluding hydrogens is 322 g/mol. The Morgan fingerprint density at radius 1 is 1.25 bits per heavy atom. The van der Waals surface area contributed by atoms with Crippen molar-refractivity contribution in [3.05, 3.63) is 47.0 Å². The Bertz CT molecular complexity index is 918. The molecule has 1 heterocycles. The fourth-order valence-electron chi connectivity index (χ4n) is 2.51. The summed E-state index contributed by atoms with van der Waals surface area (Å²) in [5.41, 5.74) is 10.5. The van der Waals surface area contributed by atoms with E-state index in [1.165, 1.54) is 11.3 Å². The number of aryl methyl sites for hydroxylation is 2. The summed E-state index contributed by atoms with van der Waals surface area (Å²) < 4.78 is 6.59. The summed E-state index contributed by atoms with van der Waals surface area (Å²) in [6, 6.07) is 9.57. The molecule has 0 aliphatic carbocycles. The zero-order valence-corrected chi connectivity index (χ0v) is 14.7. The van der Waals surface area contributed by atoms with Gasteiger partial charge in [0.15, 0.2) is 11.7 Å². The highest BCUT2D eigenvalue weighted by Crippen LogP contribution is 2.29. The second-order valence-corrected chi connectivity index (χ2v) is 6.79. The molecule has 0 aliphatic heterocycles. The molecule has 0 saturated carbocycles. The Labute approximate surface area is 144 Å². The maximum Gasteiger partial charge on any atom is 0.262 e. The smallest absolute Gasteiger partial charge is 0.262 e. The van der Waals surface area contributed by atoms with Crippen LogP contribution in [0.4, 0.5) is 10.8 Å². The number of ether oxygens (including phenoxy) is 1. The summed E-state index contributed by atoms with van der Waals surface area (Å²) in [7, 11) is 0. The fourth-order valence-corrected chi connectivity index (χ4v) is 3.36. The van der Waals surface area contributed by atoms with Crippen LogP contribution in [0.3, 0.4) is 0 Å². The zero-order chi connectivity index (χ0) is 17.3. The molecule has 0 saturated heterocycles. The first-order valence-corrected chi connectivity index (χ1v) is 8.41. The van der Waals surface area contributed by atoms with Gasteiger partial charge in [-0.1, -0.05) is 23.5 Å². The number of amides is 1. The Balaban J connectivity index is 1.69. The number of aromatic nitrogens is 1. The van der Waals surface area contributed by atoms with Gasteiger partial charge in [-0.05, 0) is 55.7 Å². The Morgan fingerprint density at radius 2 is 2.04 bits per heavy atom. The predicted octanol–water partition coefficient (Wildman–Crippen LogP) is 3.82. The minimum absolute atomic E-state index is 0.0355. The lowest BCUT2D eigenvalue weighted by molar-refractivity contribution is -0.118. The molecular formula is C18H19N3O2S. The molecule has 1 amide bonds. The minimum atomic E-state index is -0.202. The Morgan fingerprint density at radius 3 is 2.83 bits per heavy atom. The highest BCUT2D eigenvalue weighted by Gasteiger charge is 2.10.